The zero-order chi connectivity index (χ0) is 69.8. The minimum absolute atomic E-state index is 0.0182. The van der Waals surface area contributed by atoms with Crippen molar-refractivity contribution in [2.45, 2.75) is 222 Å². The highest BCUT2D eigenvalue weighted by atomic mass is 16.3. The van der Waals surface area contributed by atoms with Crippen LogP contribution in [0.3, 0.4) is 0 Å². The number of allylic oxidation sites excluding steroid dienone is 2. The third-order valence-corrected chi connectivity index (χ3v) is 17.2. The molecule has 1 unspecified atom stereocenters. The summed E-state index contributed by atoms with van der Waals surface area (Å²) in [5.41, 5.74) is 0.672. The van der Waals surface area contributed by atoms with E-state index in [9.17, 15) is 43.5 Å². The second kappa shape index (κ2) is 37.0. The lowest BCUT2D eigenvalue weighted by Gasteiger charge is -2.41. The molecular weight excluding hydrogens is 1160 g/mol. The predicted molar refractivity (Wildman–Crippen MR) is 353 cm³/mol. The Hall–Kier alpha value is -6.91. The smallest absolute Gasteiger partial charge is 0.246 e. The molecule has 0 aromatic heterocycles. The molecule has 5 N–H and O–H groups in total. The van der Waals surface area contributed by atoms with E-state index in [0.29, 0.717) is 12.0 Å². The van der Waals surface area contributed by atoms with Gasteiger partial charge in [-0.1, -0.05) is 139 Å². The summed E-state index contributed by atoms with van der Waals surface area (Å²) in [6.07, 6.45) is 2.95. The van der Waals surface area contributed by atoms with Crippen LogP contribution in [0.5, 0.6) is 0 Å². The summed E-state index contributed by atoms with van der Waals surface area (Å²) in [5.74, 6) is -9.86. The van der Waals surface area contributed by atoms with Crippen molar-refractivity contribution >= 4 is 65.0 Å². The van der Waals surface area contributed by atoms with Crippen LogP contribution in [0.15, 0.2) is 42.5 Å². The van der Waals surface area contributed by atoms with Crippen LogP contribution in [0.4, 0.5) is 0 Å². The average molecular weight is 1280 g/mol. The van der Waals surface area contributed by atoms with Gasteiger partial charge in [-0.05, 0) is 99.4 Å². The number of amides is 11. The quantitative estimate of drug-likeness (QED) is 0.135. The molecule has 11 amide bonds. The van der Waals surface area contributed by atoms with Crippen molar-refractivity contribution in [2.75, 3.05) is 55.9 Å². The van der Waals surface area contributed by atoms with E-state index in [1.54, 1.807) is 84.9 Å². The summed E-state index contributed by atoms with van der Waals surface area (Å²) < 4.78 is 0. The summed E-state index contributed by atoms with van der Waals surface area (Å²) in [7, 11) is 9.96. The fraction of sp³-hybridized carbons (Fsp3) is 0.721. The second-order valence-electron chi connectivity index (χ2n) is 27.6. The molecular formula is C68H115N11O12. The van der Waals surface area contributed by atoms with Crippen molar-refractivity contribution in [3.05, 3.63) is 48.0 Å². The Labute approximate surface area is 543 Å². The Morgan fingerprint density at radius 2 is 0.923 bits per heavy atom. The van der Waals surface area contributed by atoms with Crippen LogP contribution >= 0.6 is 0 Å². The molecule has 12 atom stereocenters. The first-order valence-corrected chi connectivity index (χ1v) is 32.7. The van der Waals surface area contributed by atoms with E-state index < -0.39 is 156 Å². The number of carbonyl (C=O) groups is 11. The molecule has 0 aliphatic carbocycles. The van der Waals surface area contributed by atoms with E-state index in [-0.39, 0.29) is 62.2 Å². The molecule has 0 spiro atoms. The molecule has 1 aliphatic rings. The van der Waals surface area contributed by atoms with Crippen LogP contribution in [-0.2, 0) is 59.2 Å². The molecule has 0 bridgehead atoms. The second-order valence-corrected chi connectivity index (χ2v) is 27.6. The van der Waals surface area contributed by atoms with Crippen LogP contribution < -0.4 is 21.3 Å². The Bertz CT molecular complexity index is 2650. The van der Waals surface area contributed by atoms with Crippen molar-refractivity contribution in [1.82, 2.24) is 55.6 Å². The van der Waals surface area contributed by atoms with Gasteiger partial charge in [0.1, 0.15) is 60.4 Å². The first-order valence-electron chi connectivity index (χ1n) is 32.7. The number of rotatable bonds is 17. The van der Waals surface area contributed by atoms with Crippen molar-refractivity contribution in [3.8, 4) is 0 Å². The zero-order valence-corrected chi connectivity index (χ0v) is 59.2. The molecule has 23 nitrogen and oxygen atoms in total. The van der Waals surface area contributed by atoms with Crippen LogP contribution in [0.25, 0.3) is 0 Å². The number of carbonyl (C=O) groups excluding carboxylic acids is 11. The number of nitrogens with one attached hydrogen (secondary N) is 4. The van der Waals surface area contributed by atoms with Gasteiger partial charge in [-0.3, -0.25) is 52.7 Å². The molecule has 514 valence electrons. The minimum atomic E-state index is -1.62. The van der Waals surface area contributed by atoms with Gasteiger partial charge in [-0.15, -0.1) is 0 Å². The number of aliphatic hydroxyl groups is 1. The van der Waals surface area contributed by atoms with Gasteiger partial charge in [0.05, 0.1) is 12.6 Å². The first-order chi connectivity index (χ1) is 42.3. The minimum Gasteiger partial charge on any atom is -0.390 e. The van der Waals surface area contributed by atoms with Crippen LogP contribution in [0.2, 0.25) is 0 Å². The Morgan fingerprint density at radius 1 is 0.484 bits per heavy atom. The molecule has 0 radical (unpaired) electrons. The molecule has 1 aromatic rings. The first kappa shape index (κ1) is 80.2. The number of likely N-dealkylation sites (N-methyl/N-ethyl adjacent to an activating group) is 7. The van der Waals surface area contributed by atoms with Crippen molar-refractivity contribution in [3.63, 3.8) is 0 Å². The molecule has 1 aromatic carbocycles. The van der Waals surface area contributed by atoms with Crippen molar-refractivity contribution in [1.29, 1.82) is 0 Å². The normalized spacial score (nSPS) is 25.9. The lowest BCUT2D eigenvalue weighted by atomic mass is 9.91. The molecule has 1 heterocycles. The van der Waals surface area contributed by atoms with Gasteiger partial charge in [0.25, 0.3) is 0 Å². The fourth-order valence-electron chi connectivity index (χ4n) is 11.6. The molecule has 1 saturated heterocycles. The largest absolute Gasteiger partial charge is 0.390 e. The highest BCUT2D eigenvalue weighted by Gasteiger charge is 2.46. The van der Waals surface area contributed by atoms with Gasteiger partial charge in [0.2, 0.25) is 65.0 Å². The monoisotopic (exact) mass is 1280 g/mol. The topological polar surface area (TPSA) is 279 Å². The maximum Gasteiger partial charge on any atom is 0.246 e. The molecule has 23 heteroatoms. The van der Waals surface area contributed by atoms with E-state index in [2.05, 4.69) is 21.3 Å². The van der Waals surface area contributed by atoms with Crippen molar-refractivity contribution < 1.29 is 57.8 Å². The van der Waals surface area contributed by atoms with E-state index in [0.717, 1.165) is 9.80 Å². The van der Waals surface area contributed by atoms with E-state index in [4.69, 9.17) is 0 Å². The standard InChI is InChI=1S/C68H115N11O12/c1-24-26-30-45(15)58(81)57-62(85)70-48(25-2)64(87)73(17)38-54(80)74(18)50(33-39(3)4)61(84)72-55(43(11)12)67(90)75(19)51(34-40(5)6)60(83)71-49(37-47-31-28-27-29-32-47)59(82)69-46(16)63(86)76(20)52(35-41(7)8)65(88)77(21)53(36-42(9)10)66(89)78(22)56(44(13)14)68(91)79(57)23/h24,26-29,31-32,39-46,48-53,55-58,81H,25,30,33-38H2,1-23H3,(H,69,82)(H,70,85)(H,71,83)(H,72,84)/b26-24+/t45?,46-,48+,49-,50+,51-,52-,53+,55+,56-,57+,58-/m1/s1. The lowest BCUT2D eigenvalue weighted by Crippen LogP contribution is -2.63. The van der Waals surface area contributed by atoms with E-state index in [1.165, 1.54) is 80.8 Å². The third kappa shape index (κ3) is 22.7. The molecule has 1 aliphatic heterocycles. The average Bonchev–Trinajstić information content (AvgIpc) is 1.05. The lowest BCUT2D eigenvalue weighted by molar-refractivity contribution is -0.157. The highest BCUT2D eigenvalue weighted by molar-refractivity contribution is 5.99. The summed E-state index contributed by atoms with van der Waals surface area (Å²) in [6, 6.07) is -3.67. The molecule has 2 rings (SSSR count). The Balaban J connectivity index is 3.06. The summed E-state index contributed by atoms with van der Waals surface area (Å²) >= 11 is 0. The van der Waals surface area contributed by atoms with E-state index in [1.807, 2.05) is 61.5 Å². The predicted octanol–water partition coefficient (Wildman–Crippen LogP) is 4.49. The number of aliphatic hydroxyl groups excluding tert-OH is 1. The van der Waals surface area contributed by atoms with Gasteiger partial charge in [-0.25, -0.2) is 0 Å². The number of nitrogens with zero attached hydrogens (tertiary/aromatic N) is 7. The molecule has 1 fully saturated rings. The number of hydrogen-bond acceptors (Lipinski definition) is 12. The van der Waals surface area contributed by atoms with Gasteiger partial charge in [0, 0.05) is 55.8 Å². The van der Waals surface area contributed by atoms with Gasteiger partial charge >= 0.3 is 0 Å². The molecule has 0 saturated carbocycles. The van der Waals surface area contributed by atoms with Crippen molar-refractivity contribution in [2.24, 2.45) is 41.4 Å². The highest BCUT2D eigenvalue weighted by Crippen LogP contribution is 2.26. The Morgan fingerprint density at radius 3 is 1.40 bits per heavy atom. The van der Waals surface area contributed by atoms with Crippen LogP contribution in [0.1, 0.15) is 155 Å². The summed E-state index contributed by atoms with van der Waals surface area (Å²) in [6.45, 7) is 28.0. The SMILES string of the molecule is C/C=C/CC(C)[C@@H](O)[C@H]1C(=O)N[C@@H](CC)C(=O)N(C)CC(=O)N(C)[C@@H](CC(C)C)C(=O)N[C@@H](C(C)C)C(=O)N(C)[C@H](CC(C)C)C(=O)N[C@H](Cc2ccccc2)C(=O)N[C@H](C)C(=O)N(C)[C@H](CC(C)C)C(=O)N(C)[C@@H](CC(C)C)C(=O)N(C)[C@H](C(C)C)C(=O)N1C. The summed E-state index contributed by atoms with van der Waals surface area (Å²) in [5, 5.41) is 23.5. The van der Waals surface area contributed by atoms with E-state index >= 15 is 14.4 Å². The summed E-state index contributed by atoms with van der Waals surface area (Å²) in [4.78, 5) is 171. The van der Waals surface area contributed by atoms with Gasteiger partial charge in [0.15, 0.2) is 0 Å². The Kier molecular flexibility index (Phi) is 32.6. The maximum absolute atomic E-state index is 15.2. The van der Waals surface area contributed by atoms with Crippen LogP contribution in [-0.4, -0.2) is 227 Å². The molecule has 91 heavy (non-hydrogen) atoms. The number of benzene rings is 1. The third-order valence-electron chi connectivity index (χ3n) is 17.2. The maximum atomic E-state index is 15.2. The fourth-order valence-corrected chi connectivity index (χ4v) is 11.6. The zero-order valence-electron chi connectivity index (χ0n) is 59.2. The van der Waals surface area contributed by atoms with Crippen LogP contribution in [0, 0.1) is 41.4 Å². The van der Waals surface area contributed by atoms with Gasteiger partial charge in [-0.2, -0.15) is 0 Å². The number of hydrogen-bond donors (Lipinski definition) is 5. The van der Waals surface area contributed by atoms with Gasteiger partial charge < -0.3 is 60.7 Å².